The van der Waals surface area contributed by atoms with Crippen LogP contribution in [0.25, 0.3) is 16.8 Å². The highest BCUT2D eigenvalue weighted by Crippen LogP contribution is 2.26. The Morgan fingerprint density at radius 1 is 1.11 bits per heavy atom. The summed E-state index contributed by atoms with van der Waals surface area (Å²) in [6, 6.07) is 8.53. The van der Waals surface area contributed by atoms with Crippen LogP contribution in [0.5, 0.6) is 0 Å². The SMILES string of the molecule is CCCn1c2ccccc2n2cc(C(C)(C)C)nc12. The first-order valence-corrected chi connectivity index (χ1v) is 6.99. The van der Waals surface area contributed by atoms with Gasteiger partial charge >= 0.3 is 0 Å². The molecule has 0 unspecified atom stereocenters. The van der Waals surface area contributed by atoms with E-state index in [1.807, 2.05) is 0 Å². The minimum Gasteiger partial charge on any atom is -0.310 e. The molecule has 0 atom stereocenters. The summed E-state index contributed by atoms with van der Waals surface area (Å²) >= 11 is 0. The van der Waals surface area contributed by atoms with Crippen LogP contribution in [0.4, 0.5) is 0 Å². The first-order valence-electron chi connectivity index (χ1n) is 6.99. The zero-order chi connectivity index (χ0) is 13.6. The van der Waals surface area contributed by atoms with Crippen LogP contribution in [0.1, 0.15) is 39.8 Å². The van der Waals surface area contributed by atoms with E-state index in [4.69, 9.17) is 4.98 Å². The van der Waals surface area contributed by atoms with Crippen LogP contribution < -0.4 is 0 Å². The largest absolute Gasteiger partial charge is 0.310 e. The van der Waals surface area contributed by atoms with E-state index < -0.39 is 0 Å². The number of imidazole rings is 2. The van der Waals surface area contributed by atoms with Gasteiger partial charge in [-0.25, -0.2) is 4.98 Å². The molecule has 0 amide bonds. The van der Waals surface area contributed by atoms with Gasteiger partial charge in [-0.05, 0) is 18.6 Å². The maximum atomic E-state index is 4.87. The van der Waals surface area contributed by atoms with Crippen molar-refractivity contribution < 1.29 is 0 Å². The maximum Gasteiger partial charge on any atom is 0.215 e. The van der Waals surface area contributed by atoms with Gasteiger partial charge in [-0.3, -0.25) is 4.40 Å². The van der Waals surface area contributed by atoms with Crippen molar-refractivity contribution in [2.45, 2.75) is 46.1 Å². The third-order valence-corrected chi connectivity index (χ3v) is 3.58. The van der Waals surface area contributed by atoms with Crippen molar-refractivity contribution >= 4 is 16.8 Å². The molecule has 3 nitrogen and oxygen atoms in total. The van der Waals surface area contributed by atoms with Gasteiger partial charge in [-0.1, -0.05) is 39.8 Å². The van der Waals surface area contributed by atoms with Crippen LogP contribution in [0.2, 0.25) is 0 Å². The van der Waals surface area contributed by atoms with E-state index in [2.05, 4.69) is 67.1 Å². The minimum absolute atomic E-state index is 0.0875. The lowest BCUT2D eigenvalue weighted by atomic mass is 9.93. The molecule has 2 heterocycles. The van der Waals surface area contributed by atoms with Crippen molar-refractivity contribution in [2.75, 3.05) is 0 Å². The van der Waals surface area contributed by atoms with Gasteiger partial charge < -0.3 is 4.57 Å². The molecule has 0 aliphatic rings. The van der Waals surface area contributed by atoms with Crippen LogP contribution in [0.3, 0.4) is 0 Å². The smallest absolute Gasteiger partial charge is 0.215 e. The minimum atomic E-state index is 0.0875. The summed E-state index contributed by atoms with van der Waals surface area (Å²) in [4.78, 5) is 4.87. The molecule has 2 aromatic heterocycles. The van der Waals surface area contributed by atoms with Gasteiger partial charge in [-0.15, -0.1) is 0 Å². The fraction of sp³-hybridized carbons (Fsp3) is 0.438. The summed E-state index contributed by atoms with van der Waals surface area (Å²) in [7, 11) is 0. The number of nitrogens with zero attached hydrogens (tertiary/aromatic N) is 3. The summed E-state index contributed by atoms with van der Waals surface area (Å²) in [6.07, 6.45) is 3.30. The molecule has 1 aromatic carbocycles. The Morgan fingerprint density at radius 3 is 2.42 bits per heavy atom. The number of aromatic nitrogens is 3. The van der Waals surface area contributed by atoms with E-state index in [0.717, 1.165) is 24.4 Å². The van der Waals surface area contributed by atoms with Gasteiger partial charge in [0.2, 0.25) is 5.78 Å². The summed E-state index contributed by atoms with van der Waals surface area (Å²) in [5.41, 5.74) is 3.75. The predicted molar refractivity (Wildman–Crippen MR) is 79.7 cm³/mol. The lowest BCUT2D eigenvalue weighted by Gasteiger charge is -2.14. The third kappa shape index (κ3) is 1.84. The van der Waals surface area contributed by atoms with E-state index in [0.29, 0.717) is 0 Å². The van der Waals surface area contributed by atoms with Gasteiger partial charge in [-0.2, -0.15) is 0 Å². The Kier molecular flexibility index (Phi) is 2.66. The highest BCUT2D eigenvalue weighted by atomic mass is 15.2. The summed E-state index contributed by atoms with van der Waals surface area (Å²) in [5.74, 6) is 1.06. The molecule has 0 bridgehead atoms. The molecule has 100 valence electrons. The van der Waals surface area contributed by atoms with E-state index in [1.54, 1.807) is 0 Å². The van der Waals surface area contributed by atoms with E-state index in [9.17, 15) is 0 Å². The second-order valence-electron chi connectivity index (χ2n) is 6.19. The standard InChI is InChI=1S/C16H21N3/c1-5-10-18-12-8-6-7-9-13(12)19-11-14(16(2,3)4)17-15(18)19/h6-9,11H,5,10H2,1-4H3. The Labute approximate surface area is 113 Å². The number of benzene rings is 1. The monoisotopic (exact) mass is 255 g/mol. The lowest BCUT2D eigenvalue weighted by molar-refractivity contribution is 0.572. The van der Waals surface area contributed by atoms with Crippen molar-refractivity contribution in [2.24, 2.45) is 0 Å². The molecule has 0 N–H and O–H groups in total. The first-order chi connectivity index (χ1) is 9.02. The molecule has 0 aliphatic heterocycles. The second kappa shape index (κ2) is 4.12. The van der Waals surface area contributed by atoms with Crippen LogP contribution in [-0.4, -0.2) is 14.0 Å². The molecule has 0 aliphatic carbocycles. The number of hydrogen-bond donors (Lipinski definition) is 0. The Hall–Kier alpha value is -1.77. The average molecular weight is 255 g/mol. The van der Waals surface area contributed by atoms with Gasteiger partial charge in [0.25, 0.3) is 0 Å². The van der Waals surface area contributed by atoms with Crippen LogP contribution in [-0.2, 0) is 12.0 Å². The molecule has 19 heavy (non-hydrogen) atoms. The molecule has 3 rings (SSSR count). The number of aryl methyl sites for hydroxylation is 1. The normalized spacial score (nSPS) is 12.6. The van der Waals surface area contributed by atoms with Gasteiger partial charge in [0.05, 0.1) is 16.7 Å². The molecule has 3 heteroatoms. The number of hydrogen-bond acceptors (Lipinski definition) is 1. The Morgan fingerprint density at radius 2 is 1.79 bits per heavy atom. The predicted octanol–water partition coefficient (Wildman–Crippen LogP) is 4.00. The van der Waals surface area contributed by atoms with E-state index in [1.165, 1.54) is 11.0 Å². The number of para-hydroxylation sites is 2. The van der Waals surface area contributed by atoms with Crippen LogP contribution >= 0.6 is 0 Å². The van der Waals surface area contributed by atoms with Crippen molar-refractivity contribution in [3.63, 3.8) is 0 Å². The zero-order valence-electron chi connectivity index (χ0n) is 12.1. The van der Waals surface area contributed by atoms with Gasteiger partial charge in [0.15, 0.2) is 0 Å². The Bertz CT molecular complexity index is 725. The molecule has 0 radical (unpaired) electrons. The van der Waals surface area contributed by atoms with E-state index in [-0.39, 0.29) is 5.41 Å². The summed E-state index contributed by atoms with van der Waals surface area (Å²) in [5, 5.41) is 0. The molecule has 0 saturated heterocycles. The molecule has 3 aromatic rings. The van der Waals surface area contributed by atoms with E-state index >= 15 is 0 Å². The number of fused-ring (bicyclic) bond motifs is 3. The average Bonchev–Trinajstić information content (AvgIpc) is 2.89. The van der Waals surface area contributed by atoms with Crippen LogP contribution in [0, 0.1) is 0 Å². The molecule has 0 saturated carbocycles. The summed E-state index contributed by atoms with van der Waals surface area (Å²) < 4.78 is 4.55. The van der Waals surface area contributed by atoms with Gasteiger partial charge in [0.1, 0.15) is 0 Å². The van der Waals surface area contributed by atoms with Crippen molar-refractivity contribution in [3.05, 3.63) is 36.2 Å². The fourth-order valence-electron chi connectivity index (χ4n) is 2.55. The van der Waals surface area contributed by atoms with Crippen molar-refractivity contribution in [1.82, 2.24) is 14.0 Å². The van der Waals surface area contributed by atoms with Crippen molar-refractivity contribution in [3.8, 4) is 0 Å². The highest BCUT2D eigenvalue weighted by molar-refractivity contribution is 5.81. The third-order valence-electron chi connectivity index (χ3n) is 3.58. The molecule has 0 fully saturated rings. The second-order valence-corrected chi connectivity index (χ2v) is 6.19. The van der Waals surface area contributed by atoms with Crippen LogP contribution in [0.15, 0.2) is 30.5 Å². The molecular weight excluding hydrogens is 234 g/mol. The first kappa shape index (κ1) is 12.3. The highest BCUT2D eigenvalue weighted by Gasteiger charge is 2.20. The quantitative estimate of drug-likeness (QED) is 0.678. The van der Waals surface area contributed by atoms with Gasteiger partial charge in [0, 0.05) is 18.2 Å². The zero-order valence-corrected chi connectivity index (χ0v) is 12.1. The summed E-state index contributed by atoms with van der Waals surface area (Å²) in [6.45, 7) is 9.85. The maximum absolute atomic E-state index is 4.87. The topological polar surface area (TPSA) is 22.2 Å². The number of rotatable bonds is 2. The lowest BCUT2D eigenvalue weighted by Crippen LogP contribution is -2.11. The molecule has 0 spiro atoms. The van der Waals surface area contributed by atoms with Crippen molar-refractivity contribution in [1.29, 1.82) is 0 Å². The fourth-order valence-corrected chi connectivity index (χ4v) is 2.55. The Balaban J connectivity index is 2.36. The molecular formula is C16H21N3.